The van der Waals surface area contributed by atoms with Gasteiger partial charge in [0.25, 0.3) is 5.56 Å². The molecule has 0 saturated heterocycles. The van der Waals surface area contributed by atoms with Gasteiger partial charge in [-0.25, -0.2) is 14.6 Å². The molecule has 2 aromatic heterocycles. The van der Waals surface area contributed by atoms with E-state index in [1.165, 1.54) is 11.0 Å². The molecule has 0 spiro atoms. The van der Waals surface area contributed by atoms with E-state index < -0.39 is 0 Å². The highest BCUT2D eigenvalue weighted by molar-refractivity contribution is 5.62. The monoisotopic (exact) mass is 266 g/mol. The molecule has 2 heterocycles. The van der Waals surface area contributed by atoms with Crippen molar-refractivity contribution in [3.05, 3.63) is 64.3 Å². The Hall–Kier alpha value is -2.69. The number of aryl methyl sites for hydroxylation is 1. The van der Waals surface area contributed by atoms with Gasteiger partial charge in [-0.3, -0.25) is 9.89 Å². The molecule has 100 valence electrons. The number of aromatic nitrogens is 4. The van der Waals surface area contributed by atoms with Crippen molar-refractivity contribution < 1.29 is 0 Å². The van der Waals surface area contributed by atoms with E-state index in [0.717, 1.165) is 17.0 Å². The number of H-pyrrole nitrogens is 1. The summed E-state index contributed by atoms with van der Waals surface area (Å²) in [6, 6.07) is 11.5. The molecule has 0 aliphatic rings. The molecule has 5 nitrogen and oxygen atoms in total. The van der Waals surface area contributed by atoms with Gasteiger partial charge in [0.1, 0.15) is 6.33 Å². The second kappa shape index (κ2) is 4.77. The second-order valence-electron chi connectivity index (χ2n) is 4.64. The van der Waals surface area contributed by atoms with Crippen molar-refractivity contribution in [2.75, 3.05) is 0 Å². The molecule has 0 aliphatic heterocycles. The minimum absolute atomic E-state index is 0.0954. The summed E-state index contributed by atoms with van der Waals surface area (Å²) in [4.78, 5) is 20.5. The quantitative estimate of drug-likeness (QED) is 0.773. The molecule has 0 saturated carbocycles. The van der Waals surface area contributed by atoms with E-state index in [-0.39, 0.29) is 5.56 Å². The Morgan fingerprint density at radius 2 is 1.85 bits per heavy atom. The zero-order chi connectivity index (χ0) is 14.1. The zero-order valence-electron chi connectivity index (χ0n) is 11.3. The number of nitrogens with zero attached hydrogens (tertiary/aromatic N) is 3. The van der Waals surface area contributed by atoms with Gasteiger partial charge in [0.15, 0.2) is 5.82 Å². The summed E-state index contributed by atoms with van der Waals surface area (Å²) in [5.74, 6) is 0.549. The molecule has 0 aliphatic carbocycles. The molecule has 5 heteroatoms. The fraction of sp³-hybridized carbons (Fsp3) is 0.133. The maximum atomic E-state index is 12.3. The summed E-state index contributed by atoms with van der Waals surface area (Å²) in [5, 5.41) is 3.12. The van der Waals surface area contributed by atoms with Crippen LogP contribution < -0.4 is 5.56 Å². The van der Waals surface area contributed by atoms with Crippen LogP contribution in [-0.2, 0) is 0 Å². The van der Waals surface area contributed by atoms with Gasteiger partial charge >= 0.3 is 0 Å². The molecule has 0 fully saturated rings. The highest BCUT2D eigenvalue weighted by Gasteiger charge is 2.13. The Kier molecular flexibility index (Phi) is 2.95. The van der Waals surface area contributed by atoms with Crippen molar-refractivity contribution in [2.24, 2.45) is 0 Å². The van der Waals surface area contributed by atoms with Crippen molar-refractivity contribution in [3.63, 3.8) is 0 Å². The topological polar surface area (TPSA) is 63.6 Å². The first-order valence-electron chi connectivity index (χ1n) is 6.33. The fourth-order valence-corrected chi connectivity index (χ4v) is 2.13. The van der Waals surface area contributed by atoms with Crippen molar-refractivity contribution in [1.82, 2.24) is 19.7 Å². The lowest BCUT2D eigenvalue weighted by Gasteiger charge is -2.01. The van der Waals surface area contributed by atoms with Crippen LogP contribution in [0.25, 0.3) is 17.1 Å². The molecule has 0 radical (unpaired) electrons. The number of hydrogen-bond acceptors (Lipinski definition) is 3. The maximum Gasteiger partial charge on any atom is 0.276 e. The van der Waals surface area contributed by atoms with E-state index in [9.17, 15) is 4.79 Å². The summed E-state index contributed by atoms with van der Waals surface area (Å²) in [7, 11) is 0. The molecular formula is C15H14N4O. The summed E-state index contributed by atoms with van der Waals surface area (Å²) in [6.45, 7) is 3.68. The third-order valence-electron chi connectivity index (χ3n) is 3.20. The van der Waals surface area contributed by atoms with Crippen molar-refractivity contribution in [1.29, 1.82) is 0 Å². The van der Waals surface area contributed by atoms with E-state index in [4.69, 9.17) is 0 Å². The van der Waals surface area contributed by atoms with Crippen molar-refractivity contribution >= 4 is 0 Å². The lowest BCUT2D eigenvalue weighted by Crippen LogP contribution is -2.17. The van der Waals surface area contributed by atoms with Gasteiger partial charge in [0, 0.05) is 17.3 Å². The normalized spacial score (nSPS) is 10.7. The van der Waals surface area contributed by atoms with E-state index in [2.05, 4.69) is 15.1 Å². The third kappa shape index (κ3) is 2.03. The number of nitrogens with one attached hydrogen (secondary N) is 1. The maximum absolute atomic E-state index is 12.3. The first-order chi connectivity index (χ1) is 9.66. The Morgan fingerprint density at radius 1 is 1.10 bits per heavy atom. The molecular weight excluding hydrogens is 252 g/mol. The van der Waals surface area contributed by atoms with Crippen LogP contribution in [0, 0.1) is 13.8 Å². The van der Waals surface area contributed by atoms with Crippen LogP contribution in [0.1, 0.15) is 11.3 Å². The van der Waals surface area contributed by atoms with Crippen LogP contribution in [0.5, 0.6) is 0 Å². The number of aromatic amines is 1. The molecule has 0 bridgehead atoms. The minimum Gasteiger partial charge on any atom is -0.289 e. The van der Waals surface area contributed by atoms with Gasteiger partial charge in [-0.15, -0.1) is 0 Å². The third-order valence-corrected chi connectivity index (χ3v) is 3.20. The van der Waals surface area contributed by atoms with Crippen LogP contribution in [0.4, 0.5) is 0 Å². The molecule has 0 amide bonds. The fourth-order valence-electron chi connectivity index (χ4n) is 2.13. The van der Waals surface area contributed by atoms with Crippen molar-refractivity contribution in [2.45, 2.75) is 13.8 Å². The average molecular weight is 266 g/mol. The molecule has 1 N–H and O–H groups in total. The van der Waals surface area contributed by atoms with Gasteiger partial charge in [-0.05, 0) is 19.4 Å². The van der Waals surface area contributed by atoms with Crippen LogP contribution >= 0.6 is 0 Å². The predicted molar refractivity (Wildman–Crippen MR) is 76.9 cm³/mol. The molecule has 3 aromatic rings. The molecule has 1 aromatic carbocycles. The lowest BCUT2D eigenvalue weighted by molar-refractivity contribution is 0.810. The lowest BCUT2D eigenvalue weighted by atomic mass is 10.1. The average Bonchev–Trinajstić information content (AvgIpc) is 2.76. The number of rotatable bonds is 2. The van der Waals surface area contributed by atoms with Gasteiger partial charge in [-0.1, -0.05) is 30.3 Å². The van der Waals surface area contributed by atoms with E-state index in [1.54, 1.807) is 6.07 Å². The standard InChI is InChI=1S/C15H14N4O/c1-10-8-13(17-9-16-10)19-15(20)11(2)14(18-19)12-6-4-3-5-7-12/h3-9,18H,1-2H3. The first-order valence-corrected chi connectivity index (χ1v) is 6.33. The van der Waals surface area contributed by atoms with Crippen LogP contribution in [0.15, 0.2) is 47.5 Å². The summed E-state index contributed by atoms with van der Waals surface area (Å²) < 4.78 is 1.45. The van der Waals surface area contributed by atoms with E-state index in [1.807, 2.05) is 44.2 Å². The largest absolute Gasteiger partial charge is 0.289 e. The van der Waals surface area contributed by atoms with E-state index in [0.29, 0.717) is 11.4 Å². The van der Waals surface area contributed by atoms with Crippen LogP contribution in [0.2, 0.25) is 0 Å². The smallest absolute Gasteiger partial charge is 0.276 e. The molecule has 0 unspecified atom stereocenters. The van der Waals surface area contributed by atoms with Gasteiger partial charge in [-0.2, -0.15) is 0 Å². The Morgan fingerprint density at radius 3 is 2.55 bits per heavy atom. The molecule has 20 heavy (non-hydrogen) atoms. The van der Waals surface area contributed by atoms with Gasteiger partial charge < -0.3 is 0 Å². The summed E-state index contributed by atoms with van der Waals surface area (Å²) in [5.41, 5.74) is 3.18. The number of benzene rings is 1. The Balaban J connectivity index is 2.18. The molecule has 3 rings (SSSR count). The minimum atomic E-state index is -0.0954. The predicted octanol–water partition coefficient (Wildman–Crippen LogP) is 2.24. The Labute approximate surface area is 115 Å². The van der Waals surface area contributed by atoms with Gasteiger partial charge in [0.05, 0.1) is 5.69 Å². The van der Waals surface area contributed by atoms with Gasteiger partial charge in [0.2, 0.25) is 0 Å². The van der Waals surface area contributed by atoms with Crippen LogP contribution in [0.3, 0.4) is 0 Å². The summed E-state index contributed by atoms with van der Waals surface area (Å²) in [6.07, 6.45) is 1.45. The van der Waals surface area contributed by atoms with E-state index >= 15 is 0 Å². The van der Waals surface area contributed by atoms with Crippen LogP contribution in [-0.4, -0.2) is 19.7 Å². The Bertz CT molecular complexity index is 802. The summed E-state index contributed by atoms with van der Waals surface area (Å²) >= 11 is 0. The zero-order valence-corrected chi connectivity index (χ0v) is 11.3. The number of hydrogen-bond donors (Lipinski definition) is 1. The molecule has 0 atom stereocenters. The van der Waals surface area contributed by atoms with Crippen molar-refractivity contribution in [3.8, 4) is 17.1 Å². The first kappa shape index (κ1) is 12.3. The highest BCUT2D eigenvalue weighted by Crippen LogP contribution is 2.19. The second-order valence-corrected chi connectivity index (χ2v) is 4.64. The SMILES string of the molecule is Cc1cc(-n2[nH]c(-c3ccccc3)c(C)c2=O)ncn1. The highest BCUT2D eigenvalue weighted by atomic mass is 16.1.